The molecule has 9 nitrogen and oxygen atoms in total. The molecule has 3 aliphatic heterocycles. The van der Waals surface area contributed by atoms with Gasteiger partial charge < -0.3 is 20.0 Å². The van der Waals surface area contributed by atoms with E-state index in [1.54, 1.807) is 4.68 Å². The van der Waals surface area contributed by atoms with Gasteiger partial charge in [0.2, 0.25) is 10.0 Å². The summed E-state index contributed by atoms with van der Waals surface area (Å²) in [5.41, 5.74) is 0.999. The van der Waals surface area contributed by atoms with Crippen molar-refractivity contribution in [2.75, 3.05) is 57.8 Å². The standard InChI is InChI=1S/C29H42F3N5O4S2/c1-28(39)8-13-35(14-9-28)18-22(38)19-37-25-7-12-36(43(2,40)41)20-23(25)27(33-37)21-5-6-24(29(30,31)32)26(17-21)42-16-15-34-10-3-4-11-34/h5-6,17,22,38-39H,3-4,7-16,18-20H2,1-2H3. The average Bonchev–Trinajstić information content (AvgIpc) is 3.57. The van der Waals surface area contributed by atoms with E-state index in [0.29, 0.717) is 68.0 Å². The Hall–Kier alpha value is -1.68. The van der Waals surface area contributed by atoms with Crippen LogP contribution in [0.15, 0.2) is 23.1 Å². The van der Waals surface area contributed by atoms with Crippen molar-refractivity contribution >= 4 is 21.8 Å². The fraction of sp³-hybridized carbons (Fsp3) is 0.690. The summed E-state index contributed by atoms with van der Waals surface area (Å²) in [7, 11) is -3.50. The number of rotatable bonds is 10. The summed E-state index contributed by atoms with van der Waals surface area (Å²) >= 11 is 1.18. The number of aromatic nitrogens is 2. The predicted octanol–water partition coefficient (Wildman–Crippen LogP) is 3.28. The van der Waals surface area contributed by atoms with E-state index in [2.05, 4.69) is 9.80 Å². The van der Waals surface area contributed by atoms with Crippen molar-refractivity contribution < 1.29 is 31.8 Å². The number of hydrogen-bond acceptors (Lipinski definition) is 8. The maximum Gasteiger partial charge on any atom is 0.417 e. The smallest absolute Gasteiger partial charge is 0.390 e. The third-order valence-corrected chi connectivity index (χ3v) is 11.1. The van der Waals surface area contributed by atoms with Crippen molar-refractivity contribution in [3.8, 4) is 11.3 Å². The van der Waals surface area contributed by atoms with Crippen molar-refractivity contribution in [3.05, 3.63) is 35.0 Å². The zero-order valence-electron chi connectivity index (χ0n) is 24.8. The van der Waals surface area contributed by atoms with Crippen LogP contribution in [0.2, 0.25) is 0 Å². The maximum atomic E-state index is 14.0. The molecule has 2 saturated heterocycles. The molecule has 1 atom stereocenters. The summed E-state index contributed by atoms with van der Waals surface area (Å²) in [6, 6.07) is 4.03. The number of likely N-dealkylation sites (tertiary alicyclic amines) is 2. The van der Waals surface area contributed by atoms with Crippen LogP contribution < -0.4 is 0 Å². The molecule has 240 valence electrons. The Morgan fingerprint density at radius 2 is 1.77 bits per heavy atom. The third-order valence-electron chi connectivity index (χ3n) is 8.78. The van der Waals surface area contributed by atoms with Gasteiger partial charge in [-0.3, -0.25) is 4.68 Å². The second-order valence-corrected chi connectivity index (χ2v) is 15.5. The minimum absolute atomic E-state index is 0.0687. The molecule has 0 bridgehead atoms. The average molecular weight is 646 g/mol. The van der Waals surface area contributed by atoms with Gasteiger partial charge in [-0.15, -0.1) is 11.8 Å². The lowest BCUT2D eigenvalue weighted by molar-refractivity contribution is -0.139. The molecule has 5 rings (SSSR count). The summed E-state index contributed by atoms with van der Waals surface area (Å²) in [5, 5.41) is 26.0. The molecule has 1 aromatic heterocycles. The zero-order valence-corrected chi connectivity index (χ0v) is 26.4. The molecule has 3 aliphatic rings. The van der Waals surface area contributed by atoms with Gasteiger partial charge in [0.05, 0.1) is 35.8 Å². The van der Waals surface area contributed by atoms with Crippen LogP contribution >= 0.6 is 11.8 Å². The van der Waals surface area contributed by atoms with Gasteiger partial charge in [-0.2, -0.15) is 22.6 Å². The lowest BCUT2D eigenvalue weighted by atomic mass is 9.94. The van der Waals surface area contributed by atoms with Gasteiger partial charge in [-0.05, 0) is 57.8 Å². The van der Waals surface area contributed by atoms with Gasteiger partial charge in [0.25, 0.3) is 0 Å². The number of nitrogens with zero attached hydrogens (tertiary/aromatic N) is 5. The monoisotopic (exact) mass is 645 g/mol. The number of benzene rings is 1. The largest absolute Gasteiger partial charge is 0.417 e. The van der Waals surface area contributed by atoms with Crippen LogP contribution in [0.25, 0.3) is 11.3 Å². The minimum Gasteiger partial charge on any atom is -0.390 e. The molecule has 1 unspecified atom stereocenters. The van der Waals surface area contributed by atoms with E-state index >= 15 is 0 Å². The molecule has 0 aliphatic carbocycles. The van der Waals surface area contributed by atoms with Crippen LogP contribution in [-0.2, 0) is 35.7 Å². The molecule has 2 fully saturated rings. The van der Waals surface area contributed by atoms with E-state index in [0.717, 1.165) is 43.9 Å². The number of β-amino-alcohol motifs (C(OH)–C–C–N with tert-alkyl or cyclic N) is 1. The first kappa shape index (κ1) is 32.7. The van der Waals surface area contributed by atoms with Crippen LogP contribution in [0, 0.1) is 0 Å². The van der Waals surface area contributed by atoms with Gasteiger partial charge in [0, 0.05) is 73.2 Å². The van der Waals surface area contributed by atoms with E-state index in [4.69, 9.17) is 5.10 Å². The first-order valence-electron chi connectivity index (χ1n) is 14.9. The van der Waals surface area contributed by atoms with Crippen LogP contribution in [0.4, 0.5) is 13.2 Å². The van der Waals surface area contributed by atoms with Crippen LogP contribution in [-0.4, -0.2) is 112 Å². The molecule has 4 heterocycles. The number of hydrogen-bond donors (Lipinski definition) is 2. The first-order valence-corrected chi connectivity index (χ1v) is 17.8. The Morgan fingerprint density at radius 3 is 2.42 bits per heavy atom. The minimum atomic E-state index is -4.51. The van der Waals surface area contributed by atoms with Gasteiger partial charge in [0.15, 0.2) is 0 Å². The molecule has 0 radical (unpaired) electrons. The van der Waals surface area contributed by atoms with Crippen molar-refractivity contribution in [2.24, 2.45) is 0 Å². The van der Waals surface area contributed by atoms with E-state index < -0.39 is 33.5 Å². The lowest BCUT2D eigenvalue weighted by Gasteiger charge is -2.36. The van der Waals surface area contributed by atoms with Crippen LogP contribution in [0.1, 0.15) is 49.4 Å². The van der Waals surface area contributed by atoms with Crippen LogP contribution in [0.5, 0.6) is 0 Å². The molecule has 2 N–H and O–H groups in total. The summed E-state index contributed by atoms with van der Waals surface area (Å²) in [4.78, 5) is 4.50. The molecule has 14 heteroatoms. The Bertz CT molecular complexity index is 1380. The molecule has 0 amide bonds. The van der Waals surface area contributed by atoms with Crippen molar-refractivity contribution in [1.82, 2.24) is 23.9 Å². The SMILES string of the molecule is CC1(O)CCN(CC(O)Cn2nc(-c3ccc(C(F)(F)F)c(SCCN4CCCC4)c3)c3c2CCN(S(C)(=O)=O)C3)CC1. The van der Waals surface area contributed by atoms with Crippen molar-refractivity contribution in [1.29, 1.82) is 0 Å². The molecular weight excluding hydrogens is 603 g/mol. The molecule has 1 aromatic carbocycles. The van der Waals surface area contributed by atoms with Gasteiger partial charge >= 0.3 is 6.18 Å². The quantitative estimate of drug-likeness (QED) is 0.380. The Balaban J connectivity index is 1.42. The number of thioether (sulfide) groups is 1. The fourth-order valence-corrected chi connectivity index (χ4v) is 8.12. The van der Waals surface area contributed by atoms with Crippen molar-refractivity contribution in [3.63, 3.8) is 0 Å². The summed E-state index contributed by atoms with van der Waals surface area (Å²) < 4.78 is 69.9. The molecule has 0 saturated carbocycles. The van der Waals surface area contributed by atoms with Crippen LogP contribution in [0.3, 0.4) is 0 Å². The Morgan fingerprint density at radius 1 is 1.07 bits per heavy atom. The van der Waals surface area contributed by atoms with E-state index in [9.17, 15) is 31.8 Å². The Labute approximate surface area is 256 Å². The highest BCUT2D eigenvalue weighted by molar-refractivity contribution is 7.99. The molecule has 0 spiro atoms. The molecular formula is C29H42F3N5O4S2. The normalized spacial score (nSPS) is 21.3. The maximum absolute atomic E-state index is 14.0. The number of alkyl halides is 3. The van der Waals surface area contributed by atoms with Gasteiger partial charge in [-0.1, -0.05) is 6.07 Å². The topological polar surface area (TPSA) is 102 Å². The first-order chi connectivity index (χ1) is 20.2. The highest BCUT2D eigenvalue weighted by Gasteiger charge is 2.35. The lowest BCUT2D eigenvalue weighted by Crippen LogP contribution is -2.45. The third kappa shape index (κ3) is 8.13. The fourth-order valence-electron chi connectivity index (χ4n) is 6.22. The van der Waals surface area contributed by atoms with E-state index in [-0.39, 0.29) is 24.5 Å². The number of aliphatic hydroxyl groups is 2. The number of aliphatic hydroxyl groups excluding tert-OH is 1. The van der Waals surface area contributed by atoms with Crippen molar-refractivity contribution in [2.45, 2.75) is 74.9 Å². The highest BCUT2D eigenvalue weighted by Crippen LogP contribution is 2.40. The highest BCUT2D eigenvalue weighted by atomic mass is 32.2. The van der Waals surface area contributed by atoms with E-state index in [1.807, 2.05) is 6.92 Å². The number of piperidine rings is 1. The number of fused-ring (bicyclic) bond motifs is 1. The molecule has 43 heavy (non-hydrogen) atoms. The zero-order chi connectivity index (χ0) is 31.0. The second-order valence-electron chi connectivity index (χ2n) is 12.4. The predicted molar refractivity (Wildman–Crippen MR) is 160 cm³/mol. The number of halogens is 3. The van der Waals surface area contributed by atoms with Gasteiger partial charge in [-0.25, -0.2) is 8.42 Å². The molecule has 2 aromatic rings. The number of sulfonamides is 1. The second kappa shape index (κ2) is 13.0. The van der Waals surface area contributed by atoms with Gasteiger partial charge in [0.1, 0.15) is 0 Å². The Kier molecular flexibility index (Phi) is 9.87. The van der Waals surface area contributed by atoms with E-state index in [1.165, 1.54) is 28.2 Å². The summed E-state index contributed by atoms with van der Waals surface area (Å²) in [6.07, 6.45) is -0.281. The summed E-state index contributed by atoms with van der Waals surface area (Å²) in [6.45, 7) is 6.70. The summed E-state index contributed by atoms with van der Waals surface area (Å²) in [5.74, 6) is 0.527.